The van der Waals surface area contributed by atoms with E-state index < -0.39 is 36.7 Å². The van der Waals surface area contributed by atoms with E-state index in [9.17, 15) is 18.0 Å². The van der Waals surface area contributed by atoms with Crippen LogP contribution >= 0.6 is 0 Å². The molecule has 2 aromatic carbocycles. The maximum atomic E-state index is 13.5. The van der Waals surface area contributed by atoms with Gasteiger partial charge >= 0.3 is 0 Å². The largest absolute Gasteiger partial charge is 0.403 e. The zero-order valence-corrected chi connectivity index (χ0v) is 29.0. The lowest BCUT2D eigenvalue weighted by Gasteiger charge is -2.43. The third-order valence-electron chi connectivity index (χ3n) is 9.24. The molecule has 2 aromatic heterocycles. The molecule has 2 fully saturated rings. The predicted octanol–water partition coefficient (Wildman–Crippen LogP) is 4.19. The highest BCUT2D eigenvalue weighted by Crippen LogP contribution is 2.70. The van der Waals surface area contributed by atoms with Crippen LogP contribution in [0.15, 0.2) is 83.9 Å². The Bertz CT molecular complexity index is 2040. The van der Waals surface area contributed by atoms with Gasteiger partial charge in [0.05, 0.1) is 12.3 Å². The summed E-state index contributed by atoms with van der Waals surface area (Å²) < 4.78 is 56.7. The predicted molar refractivity (Wildman–Crippen MR) is 187 cm³/mol. The van der Waals surface area contributed by atoms with Crippen LogP contribution in [0.4, 0.5) is 17.3 Å². The van der Waals surface area contributed by atoms with Gasteiger partial charge in [-0.05, 0) is 46.2 Å². The first-order chi connectivity index (χ1) is 23.9. The monoisotopic (exact) mass is 687 g/mol. The molecule has 0 saturated heterocycles. The Morgan fingerprint density at radius 3 is 2.21 bits per heavy atom. The number of carbonyl (C=O) groups excluding carboxylic acids is 2. The van der Waals surface area contributed by atoms with E-state index in [1.165, 1.54) is 12.3 Å². The summed E-state index contributed by atoms with van der Waals surface area (Å²) in [6.07, 6.45) is 5.24. The smallest absolute Gasteiger partial charge is 0.273 e. The van der Waals surface area contributed by atoms with Crippen molar-refractivity contribution in [3.8, 4) is 0 Å². The molecule has 2 amide bonds. The Labute approximate surface area is 286 Å². The number of anilines is 3. The standard InChI is InChI=1S/C35H40N6O5SSi/c1-34(2,3)48(24-12-8-6-9-13-24,25-14-10-7-11-15-25)46-22-23-16-19-37-31(30(23)47(5,44)45)38-27-20-28(40-41-29(27)33(43)36-4)39-32(42)26-21-35(26)17-18-35/h6-16,19-20,26H,17-18,21-22H2,1-5H3,(H,36,43)(H2,37,38,39,40,42)/i4D3. The van der Waals surface area contributed by atoms with Crippen molar-refractivity contribution in [3.63, 3.8) is 0 Å². The number of rotatable bonds is 11. The van der Waals surface area contributed by atoms with Crippen LogP contribution in [0.2, 0.25) is 5.04 Å². The number of amides is 2. The molecule has 2 saturated carbocycles. The summed E-state index contributed by atoms with van der Waals surface area (Å²) in [5.41, 5.74) is -0.162. The molecule has 3 N–H and O–H groups in total. The summed E-state index contributed by atoms with van der Waals surface area (Å²) in [5, 5.41) is 17.0. The van der Waals surface area contributed by atoms with E-state index in [2.05, 4.69) is 46.6 Å². The molecule has 4 aromatic rings. The van der Waals surface area contributed by atoms with Crippen molar-refractivity contribution in [3.05, 3.63) is 90.3 Å². The molecular weight excluding hydrogens is 645 g/mol. The van der Waals surface area contributed by atoms with Crippen molar-refractivity contribution in [2.24, 2.45) is 11.3 Å². The Kier molecular flexibility index (Phi) is 7.74. The van der Waals surface area contributed by atoms with Crippen LogP contribution in [-0.2, 0) is 25.7 Å². The summed E-state index contributed by atoms with van der Waals surface area (Å²) in [4.78, 5) is 30.1. The van der Waals surface area contributed by atoms with Gasteiger partial charge in [-0.25, -0.2) is 13.4 Å². The molecule has 48 heavy (non-hydrogen) atoms. The molecule has 2 aliphatic rings. The van der Waals surface area contributed by atoms with E-state index in [1.807, 2.05) is 66.0 Å². The van der Waals surface area contributed by atoms with Gasteiger partial charge in [0.1, 0.15) is 10.7 Å². The summed E-state index contributed by atoms with van der Waals surface area (Å²) >= 11 is 0. The molecule has 1 unspecified atom stereocenters. The van der Waals surface area contributed by atoms with Crippen molar-refractivity contribution >= 4 is 57.7 Å². The second kappa shape index (κ2) is 12.5. The second-order valence-electron chi connectivity index (χ2n) is 13.6. The fourth-order valence-corrected chi connectivity index (χ4v) is 12.2. The summed E-state index contributed by atoms with van der Waals surface area (Å²) in [7, 11) is -7.09. The number of carbonyl (C=O) groups is 2. The van der Waals surface area contributed by atoms with Gasteiger partial charge in [-0.15, -0.1) is 10.2 Å². The van der Waals surface area contributed by atoms with Crippen molar-refractivity contribution in [2.75, 3.05) is 23.9 Å². The summed E-state index contributed by atoms with van der Waals surface area (Å²) in [6, 6.07) is 22.7. The number of hydrogen-bond donors (Lipinski definition) is 3. The fraction of sp³-hybridized carbons (Fsp3) is 0.343. The number of nitrogens with zero attached hydrogens (tertiary/aromatic N) is 3. The Morgan fingerprint density at radius 1 is 1.02 bits per heavy atom. The lowest BCUT2D eigenvalue weighted by Crippen LogP contribution is -2.66. The zero-order chi connectivity index (χ0) is 36.8. The molecule has 6 rings (SSSR count). The topological polar surface area (TPSA) is 152 Å². The SMILES string of the molecule is [2H]C([2H])([2H])NC(=O)c1nnc(NC(=O)C2CC23CC3)cc1Nc1nccc(CO[Si](c2ccccc2)(c2ccccc2)C(C)(C)C)c1S(C)(=O)=O. The third-order valence-corrected chi connectivity index (χ3v) is 15.4. The van der Waals surface area contributed by atoms with Gasteiger partial charge in [0.2, 0.25) is 5.91 Å². The van der Waals surface area contributed by atoms with Crippen LogP contribution in [0.1, 0.15) is 60.2 Å². The minimum Gasteiger partial charge on any atom is -0.403 e. The number of pyridine rings is 1. The summed E-state index contributed by atoms with van der Waals surface area (Å²) in [6.45, 7) is 3.40. The van der Waals surface area contributed by atoms with Gasteiger partial charge in [0.15, 0.2) is 21.3 Å². The molecule has 2 aliphatic carbocycles. The average Bonchev–Trinajstić information content (AvgIpc) is 3.98. The molecule has 1 atom stereocenters. The van der Waals surface area contributed by atoms with E-state index in [-0.39, 0.29) is 51.1 Å². The van der Waals surface area contributed by atoms with E-state index >= 15 is 0 Å². The number of hydrogen-bond acceptors (Lipinski definition) is 9. The summed E-state index contributed by atoms with van der Waals surface area (Å²) in [5.74, 6) is -1.60. The van der Waals surface area contributed by atoms with Gasteiger partial charge in [-0.2, -0.15) is 0 Å². The maximum Gasteiger partial charge on any atom is 0.273 e. The number of benzene rings is 2. The van der Waals surface area contributed by atoms with E-state index in [4.69, 9.17) is 8.54 Å². The minimum absolute atomic E-state index is 0.00251. The molecule has 0 bridgehead atoms. The first-order valence-electron chi connectivity index (χ1n) is 17.1. The molecule has 1 spiro atoms. The molecule has 0 aliphatic heterocycles. The van der Waals surface area contributed by atoms with Crippen LogP contribution < -0.4 is 26.3 Å². The number of sulfone groups is 1. The quantitative estimate of drug-likeness (QED) is 0.197. The zero-order valence-electron chi connectivity index (χ0n) is 30.2. The van der Waals surface area contributed by atoms with Gasteiger partial charge in [-0.1, -0.05) is 81.4 Å². The van der Waals surface area contributed by atoms with Crippen molar-refractivity contribution in [2.45, 2.75) is 56.6 Å². The van der Waals surface area contributed by atoms with Crippen molar-refractivity contribution in [1.82, 2.24) is 20.5 Å². The average molecular weight is 688 g/mol. The van der Waals surface area contributed by atoms with Crippen molar-refractivity contribution in [1.29, 1.82) is 0 Å². The number of aromatic nitrogens is 3. The molecule has 2 heterocycles. The van der Waals surface area contributed by atoms with E-state index in [0.717, 1.165) is 35.9 Å². The molecule has 0 radical (unpaired) electrons. The molecular formula is C35H40N6O5SSi. The van der Waals surface area contributed by atoms with Crippen LogP contribution in [0.3, 0.4) is 0 Å². The Morgan fingerprint density at radius 2 is 1.67 bits per heavy atom. The third kappa shape index (κ3) is 6.37. The van der Waals surface area contributed by atoms with Gasteiger partial charge in [0, 0.05) is 41.1 Å². The fourth-order valence-electron chi connectivity index (χ4n) is 6.60. The van der Waals surface area contributed by atoms with Gasteiger partial charge < -0.3 is 20.4 Å². The number of nitrogens with one attached hydrogen (secondary N) is 3. The Balaban J connectivity index is 1.40. The second-order valence-corrected chi connectivity index (χ2v) is 19.8. The van der Waals surface area contributed by atoms with Gasteiger partial charge in [-0.3, -0.25) is 9.59 Å². The first-order valence-corrected chi connectivity index (χ1v) is 19.4. The van der Waals surface area contributed by atoms with Crippen molar-refractivity contribution < 1.29 is 26.5 Å². The Hall–Kier alpha value is -4.46. The molecule has 250 valence electrons. The lowest BCUT2D eigenvalue weighted by molar-refractivity contribution is -0.117. The van der Waals surface area contributed by atoms with Crippen LogP contribution in [0, 0.1) is 11.3 Å². The van der Waals surface area contributed by atoms with E-state index in [0.29, 0.717) is 5.56 Å². The van der Waals surface area contributed by atoms with Crippen LogP contribution in [0.25, 0.3) is 0 Å². The van der Waals surface area contributed by atoms with Gasteiger partial charge in [0.25, 0.3) is 14.2 Å². The first kappa shape index (κ1) is 29.7. The van der Waals surface area contributed by atoms with Crippen LogP contribution in [-0.4, -0.2) is 57.0 Å². The molecule has 13 heteroatoms. The highest BCUT2D eigenvalue weighted by Gasteiger charge is 2.65. The highest BCUT2D eigenvalue weighted by atomic mass is 32.2. The van der Waals surface area contributed by atoms with E-state index in [1.54, 1.807) is 6.07 Å². The van der Waals surface area contributed by atoms with Crippen LogP contribution in [0.5, 0.6) is 0 Å². The maximum absolute atomic E-state index is 13.5. The normalized spacial score (nSPS) is 17.8. The lowest BCUT2D eigenvalue weighted by atomic mass is 10.2. The highest BCUT2D eigenvalue weighted by molar-refractivity contribution is 7.91. The minimum atomic E-state index is -4.00. The molecule has 11 nitrogen and oxygen atoms in total.